The summed E-state index contributed by atoms with van der Waals surface area (Å²) in [4.78, 5) is 115. The fourth-order valence-corrected chi connectivity index (χ4v) is 13.7. The smallest absolute Gasteiger partial charge is 0.355 e. The molecule has 0 saturated carbocycles. The third kappa shape index (κ3) is 13.6. The summed E-state index contributed by atoms with van der Waals surface area (Å²) in [5, 5.41) is 13.4. The van der Waals surface area contributed by atoms with Gasteiger partial charge in [-0.3, -0.25) is 48.2 Å². The number of aromatic nitrogens is 1. The van der Waals surface area contributed by atoms with Crippen molar-refractivity contribution in [3.05, 3.63) is 142 Å². The Labute approximate surface area is 503 Å². The number of likely N-dealkylation sites (N-methyl/N-ethyl adjacent to an activating group) is 1. The summed E-state index contributed by atoms with van der Waals surface area (Å²) >= 11 is 0. The van der Waals surface area contributed by atoms with Gasteiger partial charge in [0.2, 0.25) is 29.5 Å². The molecule has 87 heavy (non-hydrogen) atoms. The Morgan fingerprint density at radius 3 is 2.49 bits per heavy atom. The number of nitrogens with zero attached hydrogens (tertiary/aromatic N) is 5. The molecule has 7 atom stereocenters. The van der Waals surface area contributed by atoms with Crippen LogP contribution in [0.5, 0.6) is 5.75 Å². The fourth-order valence-electron chi connectivity index (χ4n) is 11.8. The first kappa shape index (κ1) is 61.4. The number of fused-ring (bicyclic) bond motifs is 4. The highest BCUT2D eigenvalue weighted by Crippen LogP contribution is 2.58. The Morgan fingerprint density at radius 1 is 0.908 bits per heavy atom. The van der Waals surface area contributed by atoms with Crippen molar-refractivity contribution >= 4 is 76.6 Å². The van der Waals surface area contributed by atoms with E-state index in [0.29, 0.717) is 72.4 Å². The van der Waals surface area contributed by atoms with E-state index < -0.39 is 73.2 Å². The first-order chi connectivity index (χ1) is 41.9. The van der Waals surface area contributed by atoms with Crippen LogP contribution in [0.1, 0.15) is 144 Å². The molecule has 0 bridgehead atoms. The largest absolute Gasteiger partial charge is 0.465 e. The minimum Gasteiger partial charge on any atom is -0.465 e. The molecule has 7 amide bonds. The van der Waals surface area contributed by atoms with Gasteiger partial charge in [0.15, 0.2) is 11.3 Å². The molecule has 5 heterocycles. The molecule has 10 rings (SSSR count). The Hall–Kier alpha value is -8.73. The lowest BCUT2D eigenvalue weighted by Crippen LogP contribution is -2.61. The van der Waals surface area contributed by atoms with Crippen molar-refractivity contribution in [3.63, 3.8) is 0 Å². The molecule has 4 aliphatic heterocycles. The number of benzene rings is 5. The normalized spacial score (nSPS) is 19.9. The maximum Gasteiger partial charge on any atom is 0.355 e. The minimum absolute atomic E-state index is 0.0596. The van der Waals surface area contributed by atoms with Crippen LogP contribution in [0.3, 0.4) is 0 Å². The molecule has 6 aromatic rings. The van der Waals surface area contributed by atoms with Gasteiger partial charge >= 0.3 is 13.5 Å². The zero-order valence-electron chi connectivity index (χ0n) is 49.1. The number of aryl methyl sites for hydroxylation is 1. The number of halogens is 1. The number of alkyl halides is 1. The van der Waals surface area contributed by atoms with Gasteiger partial charge < -0.3 is 38.7 Å². The van der Waals surface area contributed by atoms with Crippen LogP contribution in [0, 0.1) is 18.8 Å². The molecule has 3 unspecified atom stereocenters. The predicted molar refractivity (Wildman–Crippen MR) is 321 cm³/mol. The number of hydrogen-bond acceptors (Lipinski definition) is 13. The van der Waals surface area contributed by atoms with E-state index >= 15 is 9.18 Å². The van der Waals surface area contributed by atoms with E-state index in [1.165, 1.54) is 47.1 Å². The maximum absolute atomic E-state index is 17.0. The van der Waals surface area contributed by atoms with E-state index in [0.717, 1.165) is 36.0 Å². The van der Waals surface area contributed by atoms with Gasteiger partial charge in [0.1, 0.15) is 29.9 Å². The summed E-state index contributed by atoms with van der Waals surface area (Å²) < 4.78 is 48.2. The molecule has 20 nitrogen and oxygen atoms in total. The highest BCUT2D eigenvalue weighted by molar-refractivity contribution is 7.57. The monoisotopic (exact) mass is 1200 g/mol. The van der Waals surface area contributed by atoms with Crippen molar-refractivity contribution in [3.8, 4) is 17.6 Å². The SMILES string of the molecule is CCCOC(=O)[C@H](C)NP(=O)(Oc1ccccc1)C(F)c1ccc2ccc(C(=O)N[C@H]3CN(C(=O)c4noc5ccc(C)cc45)CC[C@H]4CC[C@@H](C(=O)N(C)CCCCCCC#Cc5cccc6c5CN(C5CCC(=O)NC5=O)C6=O)N4C3=O)cc2c1. The summed E-state index contributed by atoms with van der Waals surface area (Å²) in [6, 6.07) is 23.4. The van der Waals surface area contributed by atoms with Crippen molar-refractivity contribution in [2.75, 3.05) is 33.3 Å². The first-order valence-electron chi connectivity index (χ1n) is 29.7. The molecule has 454 valence electrons. The quantitative estimate of drug-likeness (QED) is 0.0213. The second-order valence-electron chi connectivity index (χ2n) is 22.7. The Kier molecular flexibility index (Phi) is 19.0. The Morgan fingerprint density at radius 2 is 1.70 bits per heavy atom. The molecule has 3 N–H and O–H groups in total. The third-order valence-corrected chi connectivity index (χ3v) is 18.6. The van der Waals surface area contributed by atoms with E-state index in [-0.39, 0.29) is 79.4 Å². The summed E-state index contributed by atoms with van der Waals surface area (Å²) in [7, 11) is -2.86. The van der Waals surface area contributed by atoms with Gasteiger partial charge in [0.25, 0.3) is 17.7 Å². The molecule has 5 aromatic carbocycles. The third-order valence-electron chi connectivity index (χ3n) is 16.5. The van der Waals surface area contributed by atoms with Crippen molar-refractivity contribution in [1.82, 2.24) is 40.5 Å². The number of ether oxygens (including phenoxy) is 1. The van der Waals surface area contributed by atoms with Crippen LogP contribution in [0.15, 0.2) is 108 Å². The van der Waals surface area contributed by atoms with Crippen LogP contribution in [-0.2, 0) is 39.8 Å². The first-order valence-corrected chi connectivity index (χ1v) is 31.4. The van der Waals surface area contributed by atoms with Gasteiger partial charge in [0, 0.05) is 62.3 Å². The Balaban J connectivity index is 0.812. The number of imide groups is 1. The number of esters is 1. The number of piperidine rings is 1. The number of nitrogens with one attached hydrogen (secondary N) is 3. The molecule has 0 spiro atoms. The molecule has 0 radical (unpaired) electrons. The minimum atomic E-state index is -4.58. The van der Waals surface area contributed by atoms with Gasteiger partial charge in [-0.15, -0.1) is 0 Å². The maximum atomic E-state index is 17.0. The summed E-state index contributed by atoms with van der Waals surface area (Å²) in [6.45, 7) is 5.81. The second-order valence-corrected chi connectivity index (χ2v) is 24.8. The Bertz CT molecular complexity index is 3770. The summed E-state index contributed by atoms with van der Waals surface area (Å²) in [5.74, 6) is 0.507. The van der Waals surface area contributed by atoms with E-state index in [1.54, 1.807) is 77.5 Å². The lowest BCUT2D eigenvalue weighted by molar-refractivity contribution is -0.146. The standard InChI is InChI=1S/C65H70FN8O12P/c1-5-34-84-65(82)41(3)70-87(83,86-48-18-12-10-13-19-48)58(66)44-24-22-42-23-25-45(37-46(42)36-44)59(76)67-52-39-72(64(81)57-50-35-40(2)21-29-55(50)85-69-57)33-31-47-26-27-54(74(47)62(52)79)63(80)71(4)32-14-9-7-6-8-11-16-43-17-15-20-49-51(43)38-73(61(49)78)53-28-30-56(75)68-60(53)77/h10,12-13,15,17-25,29,35-37,41,47,52-54,58H,5-9,14,26-28,30-34,38-39H2,1-4H3,(H,67,76)(H,70,83)(H,68,75,77)/t41-,47+,52-,53?,54-,58?,87?/m0/s1. The number of hydrogen-bond donors (Lipinski definition) is 3. The molecule has 4 aliphatic rings. The van der Waals surface area contributed by atoms with Crippen molar-refractivity contribution < 1.29 is 61.1 Å². The molecule has 1 aromatic heterocycles. The zero-order valence-corrected chi connectivity index (χ0v) is 49.9. The average Bonchev–Trinajstić information content (AvgIpc) is 2.11. The molecular formula is C65H70FN8O12P. The topological polar surface area (TPSA) is 247 Å². The number of para-hydroxylation sites is 1. The van der Waals surface area contributed by atoms with Gasteiger partial charge in [-0.25, -0.2) is 9.48 Å². The molecule has 0 aliphatic carbocycles. The van der Waals surface area contributed by atoms with Crippen LogP contribution in [0.25, 0.3) is 21.7 Å². The fraction of sp³-hybridized carbons (Fsp3) is 0.400. The molecule has 3 fully saturated rings. The van der Waals surface area contributed by atoms with Gasteiger partial charge in [-0.2, -0.15) is 0 Å². The van der Waals surface area contributed by atoms with E-state index in [1.807, 2.05) is 26.0 Å². The van der Waals surface area contributed by atoms with Gasteiger partial charge in [-0.05, 0) is 135 Å². The number of carbonyl (C=O) groups excluding carboxylic acids is 8. The van der Waals surface area contributed by atoms with Crippen LogP contribution >= 0.6 is 7.52 Å². The predicted octanol–water partition coefficient (Wildman–Crippen LogP) is 8.69. The summed E-state index contributed by atoms with van der Waals surface area (Å²) in [5.41, 5.74) is 3.37. The lowest BCUT2D eigenvalue weighted by atomic mass is 10.0. The van der Waals surface area contributed by atoms with Crippen LogP contribution < -0.4 is 20.2 Å². The second kappa shape index (κ2) is 26.9. The molecule has 22 heteroatoms. The van der Waals surface area contributed by atoms with Crippen LogP contribution in [-0.4, -0.2) is 136 Å². The highest BCUT2D eigenvalue weighted by atomic mass is 31.2. The average molecular weight is 1210 g/mol. The van der Waals surface area contributed by atoms with Crippen molar-refractivity contribution in [1.29, 1.82) is 0 Å². The number of unbranched alkanes of at least 4 members (excludes halogenated alkanes) is 4. The van der Waals surface area contributed by atoms with Gasteiger partial charge in [0.05, 0.1) is 18.5 Å². The lowest BCUT2D eigenvalue weighted by Gasteiger charge is -2.39. The summed E-state index contributed by atoms with van der Waals surface area (Å²) in [6.07, 6.45) is 5.97. The van der Waals surface area contributed by atoms with E-state index in [9.17, 15) is 38.1 Å². The highest BCUT2D eigenvalue weighted by Gasteiger charge is 2.47. The van der Waals surface area contributed by atoms with Crippen LogP contribution in [0.4, 0.5) is 4.39 Å². The van der Waals surface area contributed by atoms with Gasteiger partial charge in [-0.1, -0.05) is 90.9 Å². The number of rotatable bonds is 20. The van der Waals surface area contributed by atoms with E-state index in [4.69, 9.17) is 13.8 Å². The van der Waals surface area contributed by atoms with Crippen molar-refractivity contribution in [2.24, 2.45) is 0 Å². The zero-order chi connectivity index (χ0) is 61.5. The van der Waals surface area contributed by atoms with Crippen LogP contribution in [0.2, 0.25) is 0 Å². The van der Waals surface area contributed by atoms with Crippen molar-refractivity contribution in [2.45, 2.75) is 134 Å². The number of carbonyl (C=O) groups is 8. The van der Waals surface area contributed by atoms with E-state index in [2.05, 4.69) is 32.7 Å². The number of amides is 7. The molecular weight excluding hydrogens is 1130 g/mol. The molecule has 3 saturated heterocycles.